The molecule has 3 nitrogen and oxygen atoms in total. The van der Waals surface area contributed by atoms with Crippen LogP contribution in [-0.2, 0) is 6.18 Å². The summed E-state index contributed by atoms with van der Waals surface area (Å²) in [6, 6.07) is 7.91. The van der Waals surface area contributed by atoms with Crippen LogP contribution in [0, 0.1) is 11.3 Å². The van der Waals surface area contributed by atoms with Crippen molar-refractivity contribution >= 4 is 5.69 Å². The van der Waals surface area contributed by atoms with Crippen molar-refractivity contribution in [1.29, 1.82) is 5.26 Å². The van der Waals surface area contributed by atoms with Crippen LogP contribution in [0.5, 0.6) is 0 Å². The second-order valence-corrected chi connectivity index (χ2v) is 3.86. The van der Waals surface area contributed by atoms with Gasteiger partial charge in [0.25, 0.3) is 0 Å². The lowest BCUT2D eigenvalue weighted by molar-refractivity contribution is -0.137. The third-order valence-electron chi connectivity index (χ3n) is 2.49. The summed E-state index contributed by atoms with van der Waals surface area (Å²) < 4.78 is 37.9. The third kappa shape index (κ3) is 2.65. The number of benzene rings is 1. The van der Waals surface area contributed by atoms with Gasteiger partial charge in [-0.25, -0.2) is 0 Å². The van der Waals surface area contributed by atoms with Crippen LogP contribution in [0.2, 0.25) is 0 Å². The molecule has 6 heteroatoms. The SMILES string of the molecule is N#Cc1cc(N)cnc1-c1cccc(C(F)(F)F)c1. The molecule has 0 fully saturated rings. The van der Waals surface area contributed by atoms with Gasteiger partial charge in [-0.05, 0) is 18.2 Å². The van der Waals surface area contributed by atoms with Crippen LogP contribution in [0.3, 0.4) is 0 Å². The highest BCUT2D eigenvalue weighted by Gasteiger charge is 2.30. The molecule has 0 radical (unpaired) electrons. The number of aromatic nitrogens is 1. The van der Waals surface area contributed by atoms with Crippen LogP contribution < -0.4 is 5.73 Å². The van der Waals surface area contributed by atoms with Gasteiger partial charge in [0.05, 0.1) is 28.7 Å². The number of nitriles is 1. The molecule has 19 heavy (non-hydrogen) atoms. The third-order valence-corrected chi connectivity index (χ3v) is 2.49. The van der Waals surface area contributed by atoms with E-state index in [1.165, 1.54) is 24.4 Å². The fraction of sp³-hybridized carbons (Fsp3) is 0.0769. The summed E-state index contributed by atoms with van der Waals surface area (Å²) in [7, 11) is 0. The second-order valence-electron chi connectivity index (χ2n) is 3.86. The molecular formula is C13H8F3N3. The minimum absolute atomic E-state index is 0.138. The van der Waals surface area contributed by atoms with E-state index in [0.717, 1.165) is 12.1 Å². The van der Waals surface area contributed by atoms with E-state index in [2.05, 4.69) is 4.98 Å². The first-order valence-electron chi connectivity index (χ1n) is 5.25. The van der Waals surface area contributed by atoms with Gasteiger partial charge in [0.1, 0.15) is 6.07 Å². The minimum Gasteiger partial charge on any atom is -0.397 e. The van der Waals surface area contributed by atoms with E-state index in [9.17, 15) is 13.2 Å². The number of pyridine rings is 1. The molecule has 96 valence electrons. The van der Waals surface area contributed by atoms with Crippen molar-refractivity contribution in [3.63, 3.8) is 0 Å². The molecule has 0 amide bonds. The summed E-state index contributed by atoms with van der Waals surface area (Å²) in [6.45, 7) is 0. The predicted molar refractivity (Wildman–Crippen MR) is 63.8 cm³/mol. The Hall–Kier alpha value is -2.55. The lowest BCUT2D eigenvalue weighted by atomic mass is 10.0. The topological polar surface area (TPSA) is 62.7 Å². The number of anilines is 1. The smallest absolute Gasteiger partial charge is 0.397 e. The zero-order valence-electron chi connectivity index (χ0n) is 9.57. The van der Waals surface area contributed by atoms with E-state index >= 15 is 0 Å². The van der Waals surface area contributed by atoms with Crippen molar-refractivity contribution in [3.8, 4) is 17.3 Å². The monoisotopic (exact) mass is 263 g/mol. The van der Waals surface area contributed by atoms with Gasteiger partial charge in [0.2, 0.25) is 0 Å². The molecule has 0 aliphatic rings. The van der Waals surface area contributed by atoms with Crippen LogP contribution in [0.4, 0.5) is 18.9 Å². The standard InChI is InChI=1S/C13H8F3N3/c14-13(15,16)10-3-1-2-8(4-10)12-9(6-17)5-11(18)7-19-12/h1-5,7H,18H2. The quantitative estimate of drug-likeness (QED) is 0.859. The highest BCUT2D eigenvalue weighted by Crippen LogP contribution is 2.32. The average molecular weight is 263 g/mol. The fourth-order valence-corrected chi connectivity index (χ4v) is 1.64. The average Bonchev–Trinajstić information content (AvgIpc) is 2.37. The number of alkyl halides is 3. The van der Waals surface area contributed by atoms with Crippen molar-refractivity contribution in [2.75, 3.05) is 5.73 Å². The summed E-state index contributed by atoms with van der Waals surface area (Å²) >= 11 is 0. The molecule has 2 rings (SSSR count). The molecule has 1 aromatic heterocycles. The maximum Gasteiger partial charge on any atom is 0.416 e. The lowest BCUT2D eigenvalue weighted by Crippen LogP contribution is -2.05. The summed E-state index contributed by atoms with van der Waals surface area (Å²) in [5.74, 6) is 0. The van der Waals surface area contributed by atoms with Crippen molar-refractivity contribution in [2.24, 2.45) is 0 Å². The summed E-state index contributed by atoms with van der Waals surface area (Å²) in [5, 5.41) is 8.97. The number of hydrogen-bond acceptors (Lipinski definition) is 3. The van der Waals surface area contributed by atoms with Crippen molar-refractivity contribution < 1.29 is 13.2 Å². The van der Waals surface area contributed by atoms with Crippen LogP contribution in [0.1, 0.15) is 11.1 Å². The zero-order chi connectivity index (χ0) is 14.0. The molecule has 0 bridgehead atoms. The van der Waals surface area contributed by atoms with E-state index in [-0.39, 0.29) is 22.5 Å². The van der Waals surface area contributed by atoms with E-state index < -0.39 is 11.7 Å². The van der Waals surface area contributed by atoms with Gasteiger partial charge in [0, 0.05) is 5.56 Å². The molecule has 0 aliphatic heterocycles. The fourth-order valence-electron chi connectivity index (χ4n) is 1.64. The Labute approximate surface area is 107 Å². The summed E-state index contributed by atoms with van der Waals surface area (Å²) in [6.07, 6.45) is -3.13. The molecule has 2 aromatic rings. The normalized spacial score (nSPS) is 11.1. The van der Waals surface area contributed by atoms with Gasteiger partial charge in [-0.15, -0.1) is 0 Å². The molecular weight excluding hydrogens is 255 g/mol. The number of rotatable bonds is 1. The van der Waals surface area contributed by atoms with Crippen LogP contribution >= 0.6 is 0 Å². The second kappa shape index (κ2) is 4.61. The molecule has 1 heterocycles. The van der Waals surface area contributed by atoms with E-state index in [4.69, 9.17) is 11.0 Å². The maximum absolute atomic E-state index is 12.6. The summed E-state index contributed by atoms with van der Waals surface area (Å²) in [4.78, 5) is 3.93. The minimum atomic E-state index is -4.43. The first-order valence-corrected chi connectivity index (χ1v) is 5.25. The van der Waals surface area contributed by atoms with Gasteiger partial charge in [-0.3, -0.25) is 4.98 Å². The highest BCUT2D eigenvalue weighted by molar-refractivity contribution is 5.69. The van der Waals surface area contributed by atoms with Gasteiger partial charge < -0.3 is 5.73 Å². The Balaban J connectivity index is 2.58. The van der Waals surface area contributed by atoms with Crippen LogP contribution in [0.25, 0.3) is 11.3 Å². The number of halogens is 3. The Bertz CT molecular complexity index is 657. The Morgan fingerprint density at radius 3 is 2.58 bits per heavy atom. The van der Waals surface area contributed by atoms with Crippen molar-refractivity contribution in [1.82, 2.24) is 4.98 Å². The molecule has 0 saturated heterocycles. The first kappa shape index (κ1) is 12.9. The van der Waals surface area contributed by atoms with Gasteiger partial charge in [-0.2, -0.15) is 18.4 Å². The lowest BCUT2D eigenvalue weighted by Gasteiger charge is -2.09. The molecule has 0 spiro atoms. The maximum atomic E-state index is 12.6. The van der Waals surface area contributed by atoms with Crippen LogP contribution in [0.15, 0.2) is 36.5 Å². The predicted octanol–water partition coefficient (Wildman–Crippen LogP) is 3.22. The zero-order valence-corrected chi connectivity index (χ0v) is 9.57. The highest BCUT2D eigenvalue weighted by atomic mass is 19.4. The molecule has 0 saturated carbocycles. The molecule has 1 aromatic carbocycles. The van der Waals surface area contributed by atoms with E-state index in [1.807, 2.05) is 6.07 Å². The molecule has 0 atom stereocenters. The van der Waals surface area contributed by atoms with Crippen molar-refractivity contribution in [2.45, 2.75) is 6.18 Å². The number of hydrogen-bond donors (Lipinski definition) is 1. The van der Waals surface area contributed by atoms with E-state index in [1.54, 1.807) is 0 Å². The van der Waals surface area contributed by atoms with Gasteiger partial charge >= 0.3 is 6.18 Å². The molecule has 0 aliphatic carbocycles. The first-order chi connectivity index (χ1) is 8.91. The Morgan fingerprint density at radius 1 is 1.21 bits per heavy atom. The number of nitrogens with zero attached hydrogens (tertiary/aromatic N) is 2. The van der Waals surface area contributed by atoms with Crippen LogP contribution in [-0.4, -0.2) is 4.98 Å². The van der Waals surface area contributed by atoms with Gasteiger partial charge in [-0.1, -0.05) is 12.1 Å². The Morgan fingerprint density at radius 2 is 1.95 bits per heavy atom. The molecule has 0 unspecified atom stereocenters. The number of nitrogen functional groups attached to an aromatic ring is 1. The number of nitrogens with two attached hydrogens (primary N) is 1. The largest absolute Gasteiger partial charge is 0.416 e. The van der Waals surface area contributed by atoms with Crippen molar-refractivity contribution in [3.05, 3.63) is 47.7 Å². The Kier molecular flexibility index (Phi) is 3.13. The van der Waals surface area contributed by atoms with Gasteiger partial charge in [0.15, 0.2) is 0 Å². The summed E-state index contributed by atoms with van der Waals surface area (Å²) in [5.41, 5.74) is 5.54. The van der Waals surface area contributed by atoms with E-state index in [0.29, 0.717) is 0 Å². The molecule has 2 N–H and O–H groups in total.